The van der Waals surface area contributed by atoms with E-state index in [-0.39, 0.29) is 12.4 Å². The summed E-state index contributed by atoms with van der Waals surface area (Å²) in [6, 6.07) is 6.57. The molecule has 1 aliphatic carbocycles. The van der Waals surface area contributed by atoms with Crippen molar-refractivity contribution < 1.29 is 19.0 Å². The lowest BCUT2D eigenvalue weighted by molar-refractivity contribution is 0.0953. The number of nitrogens with one attached hydrogen (secondary N) is 1. The second-order valence-corrected chi connectivity index (χ2v) is 5.17. The summed E-state index contributed by atoms with van der Waals surface area (Å²) in [6.45, 7) is 0.518. The van der Waals surface area contributed by atoms with E-state index in [4.69, 9.17) is 9.47 Å². The van der Waals surface area contributed by atoms with Gasteiger partial charge >= 0.3 is 0 Å². The van der Waals surface area contributed by atoms with Gasteiger partial charge in [0, 0.05) is 19.7 Å². The van der Waals surface area contributed by atoms with Crippen LogP contribution in [0, 0.1) is 5.82 Å². The van der Waals surface area contributed by atoms with Crippen molar-refractivity contribution in [1.29, 1.82) is 0 Å². The van der Waals surface area contributed by atoms with Crippen molar-refractivity contribution in [3.63, 3.8) is 0 Å². The zero-order valence-electron chi connectivity index (χ0n) is 11.7. The van der Waals surface area contributed by atoms with E-state index in [0.717, 1.165) is 19.3 Å². The smallest absolute Gasteiger partial charge is 0.165 e. The van der Waals surface area contributed by atoms with Crippen LogP contribution in [0.2, 0.25) is 0 Å². The van der Waals surface area contributed by atoms with Crippen molar-refractivity contribution in [2.75, 3.05) is 20.3 Å². The molecule has 0 aliphatic heterocycles. The SMILES string of the molecule is COC1CCC(NCC(O)COc2ccccc2F)C1. The summed E-state index contributed by atoms with van der Waals surface area (Å²) in [4.78, 5) is 0. The van der Waals surface area contributed by atoms with E-state index in [2.05, 4.69) is 5.32 Å². The molecule has 1 aliphatic rings. The minimum absolute atomic E-state index is 0.0777. The van der Waals surface area contributed by atoms with E-state index in [1.165, 1.54) is 6.07 Å². The standard InChI is InChI=1S/C15H22FNO3/c1-19-13-7-6-11(8-13)17-9-12(18)10-20-15-5-3-2-4-14(15)16/h2-5,11-13,17-18H,6-10H2,1H3. The van der Waals surface area contributed by atoms with Gasteiger partial charge in [-0.1, -0.05) is 12.1 Å². The lowest BCUT2D eigenvalue weighted by Crippen LogP contribution is -2.37. The van der Waals surface area contributed by atoms with Crippen molar-refractivity contribution >= 4 is 0 Å². The minimum atomic E-state index is -0.656. The predicted molar refractivity (Wildman–Crippen MR) is 74.3 cm³/mol. The molecule has 0 amide bonds. The molecule has 5 heteroatoms. The van der Waals surface area contributed by atoms with Crippen LogP contribution in [0.4, 0.5) is 4.39 Å². The molecule has 0 saturated heterocycles. The van der Waals surface area contributed by atoms with Crippen LogP contribution in [0.15, 0.2) is 24.3 Å². The zero-order valence-corrected chi connectivity index (χ0v) is 11.7. The molecule has 3 atom stereocenters. The van der Waals surface area contributed by atoms with E-state index in [9.17, 15) is 9.50 Å². The number of benzene rings is 1. The molecule has 2 rings (SSSR count). The summed E-state index contributed by atoms with van der Waals surface area (Å²) in [5, 5.41) is 13.1. The number of methoxy groups -OCH3 is 1. The van der Waals surface area contributed by atoms with Gasteiger partial charge < -0.3 is 19.9 Å². The molecule has 1 saturated carbocycles. The molecule has 0 radical (unpaired) electrons. The topological polar surface area (TPSA) is 50.7 Å². The maximum Gasteiger partial charge on any atom is 0.165 e. The van der Waals surface area contributed by atoms with Crippen molar-refractivity contribution in [3.05, 3.63) is 30.1 Å². The Labute approximate surface area is 118 Å². The summed E-state index contributed by atoms with van der Waals surface area (Å²) in [6.07, 6.45) is 2.74. The van der Waals surface area contributed by atoms with E-state index < -0.39 is 11.9 Å². The van der Waals surface area contributed by atoms with Gasteiger partial charge in [0.05, 0.1) is 6.10 Å². The van der Waals surface area contributed by atoms with Crippen LogP contribution in [-0.4, -0.2) is 43.6 Å². The van der Waals surface area contributed by atoms with Gasteiger partial charge in [-0.25, -0.2) is 4.39 Å². The first kappa shape index (κ1) is 15.2. The Bertz CT molecular complexity index is 416. The molecule has 0 bridgehead atoms. The maximum absolute atomic E-state index is 13.3. The fourth-order valence-electron chi connectivity index (χ4n) is 2.45. The van der Waals surface area contributed by atoms with E-state index >= 15 is 0 Å². The molecule has 0 heterocycles. The van der Waals surface area contributed by atoms with Crippen LogP contribution in [0.3, 0.4) is 0 Å². The summed E-state index contributed by atoms with van der Waals surface area (Å²) in [5.74, 6) is -0.238. The van der Waals surface area contributed by atoms with Crippen LogP contribution in [0.1, 0.15) is 19.3 Å². The highest BCUT2D eigenvalue weighted by Crippen LogP contribution is 2.21. The zero-order chi connectivity index (χ0) is 14.4. The number of hydrogen-bond acceptors (Lipinski definition) is 4. The number of hydrogen-bond donors (Lipinski definition) is 2. The van der Waals surface area contributed by atoms with Crippen LogP contribution < -0.4 is 10.1 Å². The highest BCUT2D eigenvalue weighted by molar-refractivity contribution is 5.23. The number of para-hydroxylation sites is 1. The van der Waals surface area contributed by atoms with E-state index in [1.54, 1.807) is 25.3 Å². The lowest BCUT2D eigenvalue weighted by Gasteiger charge is -2.17. The summed E-state index contributed by atoms with van der Waals surface area (Å²) in [7, 11) is 1.73. The Morgan fingerprint density at radius 3 is 2.90 bits per heavy atom. The molecule has 1 aromatic carbocycles. The van der Waals surface area contributed by atoms with Gasteiger partial charge in [-0.3, -0.25) is 0 Å². The summed E-state index contributed by atoms with van der Waals surface area (Å²) >= 11 is 0. The van der Waals surface area contributed by atoms with Gasteiger partial charge in [0.2, 0.25) is 0 Å². The molecular formula is C15H22FNO3. The molecular weight excluding hydrogens is 261 g/mol. The molecule has 1 aromatic rings. The van der Waals surface area contributed by atoms with Gasteiger partial charge in [0.25, 0.3) is 0 Å². The highest BCUT2D eigenvalue weighted by Gasteiger charge is 2.24. The normalized spacial score (nSPS) is 23.8. The second-order valence-electron chi connectivity index (χ2n) is 5.17. The number of aliphatic hydroxyl groups is 1. The van der Waals surface area contributed by atoms with Crippen LogP contribution >= 0.6 is 0 Å². The maximum atomic E-state index is 13.3. The van der Waals surface area contributed by atoms with Crippen LogP contribution in [0.25, 0.3) is 0 Å². The highest BCUT2D eigenvalue weighted by atomic mass is 19.1. The van der Waals surface area contributed by atoms with E-state index in [0.29, 0.717) is 18.7 Å². The fourth-order valence-corrected chi connectivity index (χ4v) is 2.45. The molecule has 2 N–H and O–H groups in total. The first-order valence-electron chi connectivity index (χ1n) is 7.00. The number of ether oxygens (including phenoxy) is 2. The van der Waals surface area contributed by atoms with Crippen molar-refractivity contribution in [2.24, 2.45) is 0 Å². The Hall–Kier alpha value is -1.17. The van der Waals surface area contributed by atoms with Gasteiger partial charge in [-0.15, -0.1) is 0 Å². The van der Waals surface area contributed by atoms with Crippen molar-refractivity contribution in [2.45, 2.75) is 37.5 Å². The Morgan fingerprint density at radius 1 is 1.40 bits per heavy atom. The average molecular weight is 283 g/mol. The monoisotopic (exact) mass is 283 g/mol. The molecule has 4 nitrogen and oxygen atoms in total. The molecule has 0 aromatic heterocycles. The minimum Gasteiger partial charge on any atom is -0.488 e. The third-order valence-corrected chi connectivity index (χ3v) is 3.63. The van der Waals surface area contributed by atoms with Crippen LogP contribution in [0.5, 0.6) is 5.75 Å². The molecule has 0 spiro atoms. The van der Waals surface area contributed by atoms with Crippen molar-refractivity contribution in [1.82, 2.24) is 5.32 Å². The quantitative estimate of drug-likeness (QED) is 0.800. The predicted octanol–water partition coefficient (Wildman–Crippen LogP) is 1.72. The second kappa shape index (κ2) is 7.57. The van der Waals surface area contributed by atoms with Gasteiger partial charge in [0.1, 0.15) is 12.7 Å². The first-order chi connectivity index (χ1) is 9.69. The third kappa shape index (κ3) is 4.44. The van der Waals surface area contributed by atoms with Gasteiger partial charge in [-0.2, -0.15) is 0 Å². The van der Waals surface area contributed by atoms with Gasteiger partial charge in [0.15, 0.2) is 11.6 Å². The van der Waals surface area contributed by atoms with Crippen LogP contribution in [-0.2, 0) is 4.74 Å². The molecule has 112 valence electrons. The lowest BCUT2D eigenvalue weighted by atomic mass is 10.2. The average Bonchev–Trinajstić information content (AvgIpc) is 2.92. The molecule has 1 fully saturated rings. The van der Waals surface area contributed by atoms with Gasteiger partial charge in [-0.05, 0) is 31.4 Å². The molecule has 20 heavy (non-hydrogen) atoms. The largest absolute Gasteiger partial charge is 0.488 e. The number of rotatable bonds is 7. The molecule has 3 unspecified atom stereocenters. The fraction of sp³-hybridized carbons (Fsp3) is 0.600. The third-order valence-electron chi connectivity index (χ3n) is 3.63. The van der Waals surface area contributed by atoms with E-state index in [1.807, 2.05) is 0 Å². The Morgan fingerprint density at radius 2 is 2.20 bits per heavy atom. The summed E-state index contributed by atoms with van der Waals surface area (Å²) in [5.41, 5.74) is 0. The number of halogens is 1. The Balaban J connectivity index is 1.66. The van der Waals surface area contributed by atoms with Crippen molar-refractivity contribution in [3.8, 4) is 5.75 Å². The Kier molecular flexibility index (Phi) is 5.76. The number of aliphatic hydroxyl groups excluding tert-OH is 1. The first-order valence-corrected chi connectivity index (χ1v) is 7.00. The summed E-state index contributed by atoms with van der Waals surface area (Å²) < 4.78 is 23.9.